The van der Waals surface area contributed by atoms with Crippen molar-refractivity contribution in [3.63, 3.8) is 0 Å². The fraction of sp³-hybridized carbons (Fsp3) is 0.364. The molecule has 1 aromatic heterocycles. The van der Waals surface area contributed by atoms with Gasteiger partial charge in [-0.2, -0.15) is 5.26 Å². The van der Waals surface area contributed by atoms with Crippen LogP contribution < -0.4 is 10.6 Å². The minimum atomic E-state index is -0.755. The van der Waals surface area contributed by atoms with Crippen molar-refractivity contribution < 1.29 is 23.9 Å². The topological polar surface area (TPSA) is 124 Å². The van der Waals surface area contributed by atoms with E-state index in [1.165, 1.54) is 16.7 Å². The average molecular weight is 426 g/mol. The van der Waals surface area contributed by atoms with Crippen LogP contribution >= 0.6 is 0 Å². The van der Waals surface area contributed by atoms with Gasteiger partial charge in [0, 0.05) is 31.1 Å². The van der Waals surface area contributed by atoms with Crippen molar-refractivity contribution >= 4 is 23.3 Å². The summed E-state index contributed by atoms with van der Waals surface area (Å²) < 4.78 is 15.0. The molecule has 3 N–H and O–H groups in total. The first-order valence-corrected chi connectivity index (χ1v) is 9.80. The van der Waals surface area contributed by atoms with Crippen LogP contribution in [0.3, 0.4) is 0 Å². The van der Waals surface area contributed by atoms with Gasteiger partial charge in [-0.1, -0.05) is 0 Å². The summed E-state index contributed by atoms with van der Waals surface area (Å²) in [6.45, 7) is 3.29. The second kappa shape index (κ2) is 8.70. The van der Waals surface area contributed by atoms with Gasteiger partial charge in [-0.25, -0.2) is 4.39 Å². The molecule has 2 amide bonds. The first-order chi connectivity index (χ1) is 14.7. The van der Waals surface area contributed by atoms with E-state index in [9.17, 15) is 18.8 Å². The molecule has 3 rings (SSSR count). The zero-order valence-electron chi connectivity index (χ0n) is 17.5. The van der Waals surface area contributed by atoms with Crippen LogP contribution in [0.2, 0.25) is 0 Å². The zero-order chi connectivity index (χ0) is 22.9. The fourth-order valence-corrected chi connectivity index (χ4v) is 3.88. The van der Waals surface area contributed by atoms with Crippen molar-refractivity contribution in [2.75, 3.05) is 11.9 Å². The number of carbonyl (C=O) groups excluding carboxylic acids is 3. The minimum Gasteiger partial charge on any atom is -0.396 e. The normalized spacial score (nSPS) is 17.4. The molecule has 9 heteroatoms. The molecular formula is C22H23FN4O4. The molecule has 1 aliphatic carbocycles. The number of rotatable bonds is 6. The molecule has 0 aliphatic heterocycles. The van der Waals surface area contributed by atoms with E-state index in [0.717, 1.165) is 6.07 Å². The number of aliphatic hydroxyl groups is 1. The Morgan fingerprint density at radius 3 is 2.58 bits per heavy atom. The standard InChI is InChI=1S/C22H23FN4O4/c1-11-18(21(30)25-15-4-5-17(23)14(8-15)9-24)12(2)27(3)19(11)20(29)22(31)26-16-6-13(7-16)10-28/h4-5,8,13,16,28H,6-7,10H2,1-3H3,(H,25,30)(H,26,31)/t13-,16+. The first kappa shape index (κ1) is 22.2. The van der Waals surface area contributed by atoms with Crippen molar-refractivity contribution in [1.82, 2.24) is 9.88 Å². The van der Waals surface area contributed by atoms with Gasteiger partial charge in [0.05, 0.1) is 16.8 Å². The molecule has 1 heterocycles. The average Bonchev–Trinajstić information content (AvgIpc) is 2.93. The van der Waals surface area contributed by atoms with E-state index in [-0.39, 0.29) is 41.1 Å². The molecule has 0 spiro atoms. The van der Waals surface area contributed by atoms with Gasteiger partial charge in [0.15, 0.2) is 0 Å². The van der Waals surface area contributed by atoms with Crippen LogP contribution in [0.1, 0.15) is 50.5 Å². The highest BCUT2D eigenvalue weighted by Crippen LogP contribution is 2.27. The molecular weight excluding hydrogens is 403 g/mol. The third kappa shape index (κ3) is 4.20. The molecule has 1 fully saturated rings. The molecule has 1 aliphatic rings. The second-order valence-electron chi connectivity index (χ2n) is 7.77. The number of aliphatic hydroxyl groups excluding tert-OH is 1. The van der Waals surface area contributed by atoms with Gasteiger partial charge in [-0.15, -0.1) is 0 Å². The van der Waals surface area contributed by atoms with E-state index < -0.39 is 23.4 Å². The molecule has 162 valence electrons. The summed E-state index contributed by atoms with van der Waals surface area (Å²) in [5, 5.41) is 23.3. The Labute approximate surface area is 178 Å². The number of carbonyl (C=O) groups is 3. The highest BCUT2D eigenvalue weighted by Gasteiger charge is 2.33. The van der Waals surface area contributed by atoms with Crippen LogP contribution in [0, 0.1) is 36.9 Å². The number of halogens is 1. The summed E-state index contributed by atoms with van der Waals surface area (Å²) in [7, 11) is 1.59. The van der Waals surface area contributed by atoms with Crippen molar-refractivity contribution in [1.29, 1.82) is 5.26 Å². The molecule has 1 saturated carbocycles. The van der Waals surface area contributed by atoms with Crippen LogP contribution in [0.25, 0.3) is 0 Å². The van der Waals surface area contributed by atoms with Crippen LogP contribution in [-0.4, -0.2) is 39.9 Å². The highest BCUT2D eigenvalue weighted by molar-refractivity contribution is 6.43. The monoisotopic (exact) mass is 426 g/mol. The van der Waals surface area contributed by atoms with E-state index in [0.29, 0.717) is 24.1 Å². The van der Waals surface area contributed by atoms with Crippen LogP contribution in [-0.2, 0) is 11.8 Å². The van der Waals surface area contributed by atoms with Crippen molar-refractivity contribution in [3.05, 3.63) is 52.1 Å². The molecule has 2 aromatic rings. The minimum absolute atomic E-state index is 0.0544. The van der Waals surface area contributed by atoms with Gasteiger partial charge in [0.25, 0.3) is 17.6 Å². The highest BCUT2D eigenvalue weighted by atomic mass is 19.1. The number of anilines is 1. The zero-order valence-corrected chi connectivity index (χ0v) is 17.5. The van der Waals surface area contributed by atoms with Crippen molar-refractivity contribution in [3.8, 4) is 6.07 Å². The number of nitrogens with zero attached hydrogens (tertiary/aromatic N) is 2. The summed E-state index contributed by atoms with van der Waals surface area (Å²) in [4.78, 5) is 38.1. The number of amides is 2. The molecule has 8 nitrogen and oxygen atoms in total. The Morgan fingerprint density at radius 2 is 1.97 bits per heavy atom. The maximum absolute atomic E-state index is 13.5. The van der Waals surface area contributed by atoms with E-state index in [1.54, 1.807) is 27.0 Å². The maximum atomic E-state index is 13.5. The Kier molecular flexibility index (Phi) is 6.22. The van der Waals surface area contributed by atoms with Gasteiger partial charge in [0.1, 0.15) is 11.9 Å². The Balaban J connectivity index is 1.81. The molecule has 31 heavy (non-hydrogen) atoms. The van der Waals surface area contributed by atoms with Gasteiger partial charge in [0.2, 0.25) is 0 Å². The number of benzene rings is 1. The maximum Gasteiger partial charge on any atom is 0.294 e. The number of nitriles is 1. The second-order valence-corrected chi connectivity index (χ2v) is 7.77. The van der Waals surface area contributed by atoms with Crippen LogP contribution in [0.15, 0.2) is 18.2 Å². The number of hydrogen-bond acceptors (Lipinski definition) is 5. The molecule has 0 unspecified atom stereocenters. The predicted molar refractivity (Wildman–Crippen MR) is 110 cm³/mol. The third-order valence-electron chi connectivity index (χ3n) is 5.75. The van der Waals surface area contributed by atoms with Crippen molar-refractivity contribution in [2.24, 2.45) is 13.0 Å². The number of Topliss-reactive ketones (excluding diaryl/α,β-unsaturated/α-hetero) is 1. The van der Waals surface area contributed by atoms with E-state index >= 15 is 0 Å². The van der Waals surface area contributed by atoms with Gasteiger partial charge < -0.3 is 20.3 Å². The number of aromatic nitrogens is 1. The lowest BCUT2D eigenvalue weighted by Gasteiger charge is -2.34. The quantitative estimate of drug-likeness (QED) is 0.481. The van der Waals surface area contributed by atoms with Crippen molar-refractivity contribution in [2.45, 2.75) is 32.7 Å². The summed E-state index contributed by atoms with van der Waals surface area (Å²) in [5.41, 5.74) is 1.20. The van der Waals surface area contributed by atoms with E-state index in [4.69, 9.17) is 10.4 Å². The van der Waals surface area contributed by atoms with Gasteiger partial charge in [-0.3, -0.25) is 14.4 Å². The number of hydrogen-bond donors (Lipinski definition) is 3. The smallest absolute Gasteiger partial charge is 0.294 e. The predicted octanol–water partition coefficient (Wildman–Crippen LogP) is 1.97. The van der Waals surface area contributed by atoms with Gasteiger partial charge in [-0.05, 0) is 56.4 Å². The van der Waals surface area contributed by atoms with E-state index in [1.807, 2.05) is 0 Å². The first-order valence-electron chi connectivity index (χ1n) is 9.80. The third-order valence-corrected chi connectivity index (χ3v) is 5.75. The summed E-state index contributed by atoms with van der Waals surface area (Å²) >= 11 is 0. The summed E-state index contributed by atoms with van der Waals surface area (Å²) in [6, 6.07) is 5.20. The lowest BCUT2D eigenvalue weighted by Crippen LogP contribution is -2.47. The lowest BCUT2D eigenvalue weighted by atomic mass is 9.81. The Hall–Kier alpha value is -3.51. The van der Waals surface area contributed by atoms with Crippen LogP contribution in [0.4, 0.5) is 10.1 Å². The Bertz CT molecular complexity index is 1110. The SMILES string of the molecule is Cc1c(C(=O)Nc2ccc(F)c(C#N)c2)c(C)n(C)c1C(=O)C(=O)N[C@H]1C[C@@H](CO)C1. The van der Waals surface area contributed by atoms with Gasteiger partial charge >= 0.3 is 0 Å². The Morgan fingerprint density at radius 1 is 1.29 bits per heavy atom. The van der Waals surface area contributed by atoms with E-state index in [2.05, 4.69) is 10.6 Å². The number of ketones is 1. The number of nitrogens with one attached hydrogen (secondary N) is 2. The summed E-state index contributed by atoms with van der Waals surface area (Å²) in [5.74, 6) is -2.59. The molecule has 1 aromatic carbocycles. The van der Waals surface area contributed by atoms with Crippen LogP contribution in [0.5, 0.6) is 0 Å². The summed E-state index contributed by atoms with van der Waals surface area (Å²) in [6.07, 6.45) is 1.24. The molecule has 0 saturated heterocycles. The fourth-order valence-electron chi connectivity index (χ4n) is 3.88. The largest absolute Gasteiger partial charge is 0.396 e. The molecule has 0 atom stereocenters. The molecule has 0 bridgehead atoms. The lowest BCUT2D eigenvalue weighted by molar-refractivity contribution is -0.118. The molecule has 0 radical (unpaired) electrons.